The van der Waals surface area contributed by atoms with E-state index < -0.39 is 46.6 Å². The minimum absolute atomic E-state index is 0.189. The number of hydrogen-bond acceptors (Lipinski definition) is 1. The molecule has 1 nitrogen and oxygen atoms in total. The van der Waals surface area contributed by atoms with Gasteiger partial charge in [0, 0.05) is 0 Å². The van der Waals surface area contributed by atoms with Crippen molar-refractivity contribution in [3.8, 4) is 5.75 Å². The Kier molecular flexibility index (Phi) is 6.86. The van der Waals surface area contributed by atoms with Crippen LogP contribution in [0.1, 0.15) is 49.3 Å². The molecule has 0 aromatic heterocycles. The topological polar surface area (TPSA) is 9.23 Å². The van der Waals surface area contributed by atoms with Crippen LogP contribution < -0.4 is 4.74 Å². The van der Waals surface area contributed by atoms with Gasteiger partial charge in [-0.3, -0.25) is 0 Å². The summed E-state index contributed by atoms with van der Waals surface area (Å²) in [6.07, 6.45) is -2.08. The van der Waals surface area contributed by atoms with Crippen molar-refractivity contribution in [3.05, 3.63) is 70.5 Å². The van der Waals surface area contributed by atoms with E-state index >= 15 is 0 Å². The summed E-state index contributed by atoms with van der Waals surface area (Å²) < 4.78 is 112. The van der Waals surface area contributed by atoms with Gasteiger partial charge in [-0.2, -0.15) is 22.0 Å². The highest BCUT2D eigenvalue weighted by Crippen LogP contribution is 2.39. The first-order valence-corrected chi connectivity index (χ1v) is 9.98. The third-order valence-corrected chi connectivity index (χ3v) is 5.48. The van der Waals surface area contributed by atoms with Gasteiger partial charge in [0.05, 0.1) is 5.56 Å². The number of halogens is 8. The molecule has 0 aliphatic heterocycles. The lowest BCUT2D eigenvalue weighted by molar-refractivity contribution is -0.187. The lowest BCUT2D eigenvalue weighted by Crippen LogP contribution is -2.24. The van der Waals surface area contributed by atoms with E-state index in [-0.39, 0.29) is 12.1 Å². The monoisotopic (exact) mass is 464 g/mol. The Morgan fingerprint density at radius 2 is 1.44 bits per heavy atom. The van der Waals surface area contributed by atoms with E-state index in [1.807, 2.05) is 6.08 Å². The van der Waals surface area contributed by atoms with Crippen molar-refractivity contribution >= 4 is 6.08 Å². The first kappa shape index (κ1) is 24.1. The van der Waals surface area contributed by atoms with Crippen LogP contribution in [0, 0.1) is 29.3 Å². The van der Waals surface area contributed by atoms with Gasteiger partial charge in [0.2, 0.25) is 0 Å². The standard InChI is InChI=1S/C23H20F8O/c1-13-2-4-14(5-3-13)6-7-15-8-9-20(17(24)10-15)32-23(30,31)16-11-18(25)21(19(26)12-16)22(27,28)29/h6-14H,2-5H2,1H3/b7-6+. The molecule has 2 aromatic carbocycles. The summed E-state index contributed by atoms with van der Waals surface area (Å²) in [6, 6.07) is 2.83. The summed E-state index contributed by atoms with van der Waals surface area (Å²) in [5.41, 5.74) is -3.41. The smallest absolute Gasteiger partial charge is 0.426 e. The van der Waals surface area contributed by atoms with Crippen molar-refractivity contribution in [3.63, 3.8) is 0 Å². The second-order valence-electron chi connectivity index (χ2n) is 8.00. The fourth-order valence-electron chi connectivity index (χ4n) is 3.64. The minimum atomic E-state index is -5.41. The van der Waals surface area contributed by atoms with Gasteiger partial charge < -0.3 is 4.74 Å². The molecular weight excluding hydrogens is 444 g/mol. The number of hydrogen-bond donors (Lipinski definition) is 0. The van der Waals surface area contributed by atoms with Gasteiger partial charge in [-0.1, -0.05) is 38.0 Å². The van der Waals surface area contributed by atoms with Gasteiger partial charge >= 0.3 is 12.3 Å². The van der Waals surface area contributed by atoms with Crippen molar-refractivity contribution < 1.29 is 39.9 Å². The molecule has 32 heavy (non-hydrogen) atoms. The molecule has 0 N–H and O–H groups in total. The van der Waals surface area contributed by atoms with Crippen LogP contribution in [0.4, 0.5) is 35.1 Å². The van der Waals surface area contributed by atoms with E-state index in [9.17, 15) is 35.1 Å². The molecule has 0 atom stereocenters. The molecule has 9 heteroatoms. The Hall–Kier alpha value is -2.58. The largest absolute Gasteiger partial charge is 0.427 e. The maximum absolute atomic E-state index is 14.3. The average molecular weight is 464 g/mol. The van der Waals surface area contributed by atoms with Crippen LogP contribution >= 0.6 is 0 Å². The summed E-state index contributed by atoms with van der Waals surface area (Å²) in [7, 11) is 0. The Morgan fingerprint density at radius 3 is 1.97 bits per heavy atom. The van der Waals surface area contributed by atoms with Crippen LogP contribution in [0.3, 0.4) is 0 Å². The zero-order valence-corrected chi connectivity index (χ0v) is 17.0. The van der Waals surface area contributed by atoms with Gasteiger partial charge in [-0.25, -0.2) is 13.2 Å². The molecule has 0 bridgehead atoms. The van der Waals surface area contributed by atoms with Gasteiger partial charge in [0.25, 0.3) is 0 Å². The van der Waals surface area contributed by atoms with Gasteiger partial charge in [0.15, 0.2) is 11.6 Å². The number of ether oxygens (including phenoxy) is 1. The highest BCUT2D eigenvalue weighted by atomic mass is 19.4. The molecule has 1 fully saturated rings. The molecule has 3 rings (SSSR count). The zero-order valence-electron chi connectivity index (χ0n) is 17.0. The molecule has 0 heterocycles. The van der Waals surface area contributed by atoms with E-state index in [1.165, 1.54) is 6.07 Å². The van der Waals surface area contributed by atoms with Crippen molar-refractivity contribution in [1.29, 1.82) is 0 Å². The molecule has 0 amide bonds. The van der Waals surface area contributed by atoms with E-state index in [4.69, 9.17) is 0 Å². The molecule has 0 saturated heterocycles. The van der Waals surface area contributed by atoms with Crippen molar-refractivity contribution in [2.45, 2.75) is 44.9 Å². The minimum Gasteiger partial charge on any atom is -0.426 e. The quantitative estimate of drug-likeness (QED) is 0.407. The lowest BCUT2D eigenvalue weighted by Gasteiger charge is -2.23. The Labute approximate surface area is 179 Å². The normalized spacial score (nSPS) is 20.0. The Balaban J connectivity index is 1.76. The first-order valence-electron chi connectivity index (χ1n) is 9.98. The second kappa shape index (κ2) is 9.11. The summed E-state index contributed by atoms with van der Waals surface area (Å²) in [4.78, 5) is 0. The summed E-state index contributed by atoms with van der Waals surface area (Å²) in [5, 5.41) is 0. The fourth-order valence-corrected chi connectivity index (χ4v) is 3.64. The molecule has 0 radical (unpaired) electrons. The summed E-state index contributed by atoms with van der Waals surface area (Å²) in [6.45, 7) is 2.18. The van der Waals surface area contributed by atoms with Crippen LogP contribution in [0.15, 0.2) is 36.4 Å². The van der Waals surface area contributed by atoms with Crippen molar-refractivity contribution in [2.24, 2.45) is 11.8 Å². The van der Waals surface area contributed by atoms with Crippen molar-refractivity contribution in [2.75, 3.05) is 0 Å². The van der Waals surface area contributed by atoms with E-state index in [2.05, 4.69) is 11.7 Å². The number of benzene rings is 2. The molecule has 2 aromatic rings. The van der Waals surface area contributed by atoms with Crippen LogP contribution in [0.2, 0.25) is 0 Å². The first-order chi connectivity index (χ1) is 14.9. The molecule has 0 spiro atoms. The molecule has 1 saturated carbocycles. The second-order valence-corrected chi connectivity index (χ2v) is 8.00. The van der Waals surface area contributed by atoms with E-state index in [1.54, 1.807) is 6.08 Å². The predicted octanol–water partition coefficient (Wildman–Crippen LogP) is 8.09. The highest BCUT2D eigenvalue weighted by molar-refractivity contribution is 5.51. The predicted molar refractivity (Wildman–Crippen MR) is 102 cm³/mol. The van der Waals surface area contributed by atoms with E-state index in [0.29, 0.717) is 17.4 Å². The van der Waals surface area contributed by atoms with Crippen LogP contribution in [-0.2, 0) is 12.3 Å². The van der Waals surface area contributed by atoms with E-state index in [0.717, 1.165) is 37.8 Å². The fraction of sp³-hybridized carbons (Fsp3) is 0.391. The van der Waals surface area contributed by atoms with Gasteiger partial charge in [-0.05, 0) is 54.5 Å². The highest BCUT2D eigenvalue weighted by Gasteiger charge is 2.42. The van der Waals surface area contributed by atoms with Crippen LogP contribution in [0.25, 0.3) is 6.08 Å². The maximum atomic E-state index is 14.3. The summed E-state index contributed by atoms with van der Waals surface area (Å²) in [5.74, 6) is -5.51. The lowest BCUT2D eigenvalue weighted by atomic mass is 9.83. The van der Waals surface area contributed by atoms with Crippen LogP contribution in [-0.4, -0.2) is 0 Å². The number of allylic oxidation sites excluding steroid dienone is 1. The molecule has 0 unspecified atom stereocenters. The number of alkyl halides is 5. The SMILES string of the molecule is CC1CCC(/C=C/c2ccc(OC(F)(F)c3cc(F)c(C(F)(F)F)c(F)c3)c(F)c2)CC1. The molecule has 1 aliphatic carbocycles. The Morgan fingerprint density at radius 1 is 0.844 bits per heavy atom. The van der Waals surface area contributed by atoms with Crippen molar-refractivity contribution in [1.82, 2.24) is 0 Å². The number of rotatable bonds is 5. The van der Waals surface area contributed by atoms with Crippen LogP contribution in [0.5, 0.6) is 5.75 Å². The Bertz CT molecular complexity index is 965. The third kappa shape index (κ3) is 5.61. The molecule has 174 valence electrons. The van der Waals surface area contributed by atoms with Gasteiger partial charge in [0.1, 0.15) is 17.2 Å². The zero-order chi connectivity index (χ0) is 23.7. The molecule has 1 aliphatic rings. The maximum Gasteiger partial charge on any atom is 0.427 e. The summed E-state index contributed by atoms with van der Waals surface area (Å²) >= 11 is 0. The molecular formula is C23H20F8O. The third-order valence-electron chi connectivity index (χ3n) is 5.48. The average Bonchev–Trinajstić information content (AvgIpc) is 2.67. The van der Waals surface area contributed by atoms with Gasteiger partial charge in [-0.15, -0.1) is 0 Å².